The first-order chi connectivity index (χ1) is 11.3. The molecule has 0 unspecified atom stereocenters. The molecule has 9 heteroatoms. The maximum atomic E-state index is 13.0. The molecule has 1 aromatic heterocycles. The van der Waals surface area contributed by atoms with Crippen LogP contribution in [0.2, 0.25) is 0 Å². The standard InChI is InChI=1S/C15H23F3N4O2/c1-9(2)11(8-23)20-14-21-12(15(16,17)18)6-13(22-14)19-7-10-4-3-5-24-10/h6,9-11,23H,3-5,7-8H2,1-2H3,(H2,19,20,21,22)/t10-,11+/m0/s1. The van der Waals surface area contributed by atoms with E-state index in [-0.39, 0.29) is 30.4 Å². The second-order valence-electron chi connectivity index (χ2n) is 6.15. The highest BCUT2D eigenvalue weighted by Gasteiger charge is 2.34. The molecule has 1 aliphatic rings. The summed E-state index contributed by atoms with van der Waals surface area (Å²) < 4.78 is 44.6. The van der Waals surface area contributed by atoms with Crippen molar-refractivity contribution in [2.24, 2.45) is 5.92 Å². The molecule has 1 fully saturated rings. The van der Waals surface area contributed by atoms with Crippen LogP contribution < -0.4 is 10.6 Å². The van der Waals surface area contributed by atoms with Gasteiger partial charge in [0.05, 0.1) is 18.8 Å². The summed E-state index contributed by atoms with van der Waals surface area (Å²) in [5.41, 5.74) is -1.03. The summed E-state index contributed by atoms with van der Waals surface area (Å²) in [5, 5.41) is 15.0. The number of halogens is 3. The van der Waals surface area contributed by atoms with Crippen molar-refractivity contribution in [2.75, 3.05) is 30.4 Å². The van der Waals surface area contributed by atoms with Crippen LogP contribution in [-0.4, -0.2) is 47.0 Å². The van der Waals surface area contributed by atoms with E-state index in [0.717, 1.165) is 18.9 Å². The van der Waals surface area contributed by atoms with Gasteiger partial charge in [-0.05, 0) is 18.8 Å². The topological polar surface area (TPSA) is 79.3 Å². The lowest BCUT2D eigenvalue weighted by Gasteiger charge is -2.21. The quantitative estimate of drug-likeness (QED) is 0.703. The van der Waals surface area contributed by atoms with Gasteiger partial charge in [0.2, 0.25) is 5.95 Å². The summed E-state index contributed by atoms with van der Waals surface area (Å²) in [6, 6.07) is 0.447. The van der Waals surface area contributed by atoms with Gasteiger partial charge in [0.1, 0.15) is 5.82 Å². The summed E-state index contributed by atoms with van der Waals surface area (Å²) >= 11 is 0. The molecule has 24 heavy (non-hydrogen) atoms. The highest BCUT2D eigenvalue weighted by molar-refractivity contribution is 5.43. The lowest BCUT2D eigenvalue weighted by atomic mass is 10.1. The molecule has 0 radical (unpaired) electrons. The van der Waals surface area contributed by atoms with Crippen molar-refractivity contribution < 1.29 is 23.0 Å². The third-order valence-electron chi connectivity index (χ3n) is 3.87. The molecule has 2 rings (SSSR count). The van der Waals surface area contributed by atoms with Gasteiger partial charge in [-0.25, -0.2) is 4.98 Å². The lowest BCUT2D eigenvalue weighted by molar-refractivity contribution is -0.141. The third kappa shape index (κ3) is 5.20. The van der Waals surface area contributed by atoms with Gasteiger partial charge in [0, 0.05) is 19.2 Å². The molecule has 1 aliphatic heterocycles. The number of aliphatic hydroxyl groups is 1. The summed E-state index contributed by atoms with van der Waals surface area (Å²) in [6.07, 6.45) is -2.78. The molecule has 2 atom stereocenters. The van der Waals surface area contributed by atoms with E-state index in [1.165, 1.54) is 0 Å². The average molecular weight is 348 g/mol. The molecule has 0 aliphatic carbocycles. The number of alkyl halides is 3. The van der Waals surface area contributed by atoms with Crippen molar-refractivity contribution in [3.05, 3.63) is 11.8 Å². The van der Waals surface area contributed by atoms with Gasteiger partial charge < -0.3 is 20.5 Å². The Kier molecular flexibility index (Phi) is 6.22. The van der Waals surface area contributed by atoms with Crippen LogP contribution in [0.3, 0.4) is 0 Å². The van der Waals surface area contributed by atoms with Crippen LogP contribution in [0.5, 0.6) is 0 Å². The zero-order chi connectivity index (χ0) is 17.7. The van der Waals surface area contributed by atoms with Crippen LogP contribution in [0, 0.1) is 5.92 Å². The molecule has 6 nitrogen and oxygen atoms in total. The number of aliphatic hydroxyl groups excluding tert-OH is 1. The van der Waals surface area contributed by atoms with Gasteiger partial charge >= 0.3 is 6.18 Å². The van der Waals surface area contributed by atoms with Crippen molar-refractivity contribution in [1.82, 2.24) is 9.97 Å². The zero-order valence-corrected chi connectivity index (χ0v) is 13.7. The maximum Gasteiger partial charge on any atom is 0.433 e. The molecule has 0 aromatic carbocycles. The van der Waals surface area contributed by atoms with E-state index < -0.39 is 17.9 Å². The van der Waals surface area contributed by atoms with E-state index in [4.69, 9.17) is 4.74 Å². The van der Waals surface area contributed by atoms with Gasteiger partial charge in [-0.15, -0.1) is 0 Å². The van der Waals surface area contributed by atoms with Crippen LogP contribution in [0.4, 0.5) is 24.9 Å². The average Bonchev–Trinajstić information content (AvgIpc) is 3.02. The largest absolute Gasteiger partial charge is 0.433 e. The summed E-state index contributed by atoms with van der Waals surface area (Å²) in [7, 11) is 0. The molecular weight excluding hydrogens is 325 g/mol. The Labute approximate surface area is 138 Å². The Morgan fingerprint density at radius 2 is 2.12 bits per heavy atom. The Morgan fingerprint density at radius 1 is 1.38 bits per heavy atom. The summed E-state index contributed by atoms with van der Waals surface area (Å²) in [4.78, 5) is 7.60. The predicted octanol–water partition coefficient (Wildman–Crippen LogP) is 2.52. The molecule has 0 saturated carbocycles. The van der Waals surface area contributed by atoms with Crippen molar-refractivity contribution in [2.45, 2.75) is 45.0 Å². The van der Waals surface area contributed by atoms with E-state index in [9.17, 15) is 18.3 Å². The van der Waals surface area contributed by atoms with Crippen LogP contribution in [-0.2, 0) is 10.9 Å². The number of anilines is 2. The molecule has 2 heterocycles. The number of nitrogens with one attached hydrogen (secondary N) is 2. The molecule has 0 bridgehead atoms. The molecule has 136 valence electrons. The van der Waals surface area contributed by atoms with Gasteiger partial charge in [-0.1, -0.05) is 13.8 Å². The monoisotopic (exact) mass is 348 g/mol. The fraction of sp³-hybridized carbons (Fsp3) is 0.733. The summed E-state index contributed by atoms with van der Waals surface area (Å²) in [5.74, 6) is -0.0698. The van der Waals surface area contributed by atoms with E-state index in [0.29, 0.717) is 13.2 Å². The second kappa shape index (κ2) is 7.98. The molecular formula is C15H23F3N4O2. The van der Waals surface area contributed by atoms with E-state index in [1.807, 2.05) is 13.8 Å². The predicted molar refractivity (Wildman–Crippen MR) is 83.8 cm³/mol. The number of hydrogen-bond donors (Lipinski definition) is 3. The Bertz CT molecular complexity index is 534. The first-order valence-electron chi connectivity index (χ1n) is 7.98. The van der Waals surface area contributed by atoms with Gasteiger partial charge in [0.25, 0.3) is 0 Å². The number of nitrogens with zero attached hydrogens (tertiary/aromatic N) is 2. The smallest absolute Gasteiger partial charge is 0.394 e. The second-order valence-corrected chi connectivity index (χ2v) is 6.15. The summed E-state index contributed by atoms with van der Waals surface area (Å²) in [6.45, 7) is 4.52. The highest BCUT2D eigenvalue weighted by Crippen LogP contribution is 2.30. The van der Waals surface area contributed by atoms with E-state index in [1.54, 1.807) is 0 Å². The minimum atomic E-state index is -4.58. The molecule has 1 saturated heterocycles. The van der Waals surface area contributed by atoms with Crippen molar-refractivity contribution in [3.8, 4) is 0 Å². The van der Waals surface area contributed by atoms with Crippen LogP contribution in [0.25, 0.3) is 0 Å². The van der Waals surface area contributed by atoms with Gasteiger partial charge in [0.15, 0.2) is 5.69 Å². The number of ether oxygens (including phenoxy) is 1. The van der Waals surface area contributed by atoms with Crippen LogP contribution >= 0.6 is 0 Å². The first-order valence-corrected chi connectivity index (χ1v) is 7.98. The lowest BCUT2D eigenvalue weighted by Crippen LogP contribution is -2.31. The van der Waals surface area contributed by atoms with Crippen LogP contribution in [0.15, 0.2) is 6.07 Å². The number of rotatable bonds is 7. The number of hydrogen-bond acceptors (Lipinski definition) is 6. The normalized spacial score (nSPS) is 19.5. The van der Waals surface area contributed by atoms with Crippen molar-refractivity contribution in [1.29, 1.82) is 0 Å². The fourth-order valence-corrected chi connectivity index (χ4v) is 2.36. The maximum absolute atomic E-state index is 13.0. The zero-order valence-electron chi connectivity index (χ0n) is 13.7. The molecule has 3 N–H and O–H groups in total. The third-order valence-corrected chi connectivity index (χ3v) is 3.87. The van der Waals surface area contributed by atoms with E-state index >= 15 is 0 Å². The van der Waals surface area contributed by atoms with Crippen molar-refractivity contribution in [3.63, 3.8) is 0 Å². The van der Waals surface area contributed by atoms with Gasteiger partial charge in [-0.3, -0.25) is 0 Å². The van der Waals surface area contributed by atoms with Crippen LogP contribution in [0.1, 0.15) is 32.4 Å². The Morgan fingerprint density at radius 3 is 2.67 bits per heavy atom. The first kappa shape index (κ1) is 18.7. The molecule has 0 amide bonds. The Balaban J connectivity index is 2.17. The minimum absolute atomic E-state index is 0.0106. The highest BCUT2D eigenvalue weighted by atomic mass is 19.4. The van der Waals surface area contributed by atoms with Crippen molar-refractivity contribution >= 4 is 11.8 Å². The van der Waals surface area contributed by atoms with Gasteiger partial charge in [-0.2, -0.15) is 18.2 Å². The number of aromatic nitrogens is 2. The molecule has 1 aromatic rings. The SMILES string of the molecule is CC(C)[C@@H](CO)Nc1nc(NC[C@@H]2CCCO2)cc(C(F)(F)F)n1. The minimum Gasteiger partial charge on any atom is -0.394 e. The Hall–Kier alpha value is -1.61. The molecule has 0 spiro atoms. The van der Waals surface area contributed by atoms with E-state index in [2.05, 4.69) is 20.6 Å². The fourth-order valence-electron chi connectivity index (χ4n) is 2.36.